The first-order valence-electron chi connectivity index (χ1n) is 12.5. The number of carbonyl (C=O) groups is 1. The van der Waals surface area contributed by atoms with Crippen molar-refractivity contribution in [3.05, 3.63) is 105 Å². The summed E-state index contributed by atoms with van der Waals surface area (Å²) >= 11 is 0. The highest BCUT2D eigenvalue weighted by molar-refractivity contribution is 5.76. The normalized spacial score (nSPS) is 15.5. The number of non-ortho nitro benzene ring substituents is 1. The van der Waals surface area contributed by atoms with E-state index in [-0.39, 0.29) is 23.4 Å². The largest absolute Gasteiger partial charge is 0.513 e. The Morgan fingerprint density at radius 3 is 2.54 bits per heavy atom. The molecule has 1 aromatic heterocycles. The van der Waals surface area contributed by atoms with Gasteiger partial charge in [0.25, 0.3) is 11.6 Å². The molecule has 0 saturated carbocycles. The van der Waals surface area contributed by atoms with Crippen LogP contribution in [-0.4, -0.2) is 39.3 Å². The summed E-state index contributed by atoms with van der Waals surface area (Å²) in [5.41, 5.74) is 3.36. The Labute approximate surface area is 226 Å². The van der Waals surface area contributed by atoms with Crippen LogP contribution in [0, 0.1) is 10.1 Å². The standard InChI is InChI=1S/C28H31N5O6/c1-17(2)32(15-20-10-7-6-8-11-20)16-23-30-27(39-31-23)24-18(3)29-19(4)26(38-28(34)37-5)25(24)21-12-9-13-22(14-21)33(35)36/h6-14,17,25,29H,15-16H2,1-5H3. The molecule has 0 aliphatic carbocycles. The Balaban J connectivity index is 1.72. The van der Waals surface area contributed by atoms with Crippen LogP contribution < -0.4 is 5.32 Å². The summed E-state index contributed by atoms with van der Waals surface area (Å²) in [7, 11) is 1.21. The maximum Gasteiger partial charge on any atom is 0.513 e. The topological polar surface area (TPSA) is 133 Å². The van der Waals surface area contributed by atoms with E-state index in [9.17, 15) is 14.9 Å². The van der Waals surface area contributed by atoms with E-state index in [1.165, 1.54) is 24.8 Å². The molecular weight excluding hydrogens is 502 g/mol. The van der Waals surface area contributed by atoms with Crippen LogP contribution in [0.1, 0.15) is 56.5 Å². The molecule has 0 spiro atoms. The Bertz CT molecular complexity index is 1410. The van der Waals surface area contributed by atoms with Crippen LogP contribution in [0.15, 0.2) is 76.3 Å². The number of ether oxygens (including phenoxy) is 2. The highest BCUT2D eigenvalue weighted by atomic mass is 16.7. The van der Waals surface area contributed by atoms with Gasteiger partial charge in [0.15, 0.2) is 5.82 Å². The van der Waals surface area contributed by atoms with Gasteiger partial charge in [0.2, 0.25) is 0 Å². The fraction of sp³-hybridized carbons (Fsp3) is 0.321. The summed E-state index contributed by atoms with van der Waals surface area (Å²) in [5, 5.41) is 19.0. The Hall–Kier alpha value is -4.51. The molecule has 0 saturated heterocycles. The lowest BCUT2D eigenvalue weighted by Crippen LogP contribution is -2.30. The molecular formula is C28H31N5O6. The molecule has 1 atom stereocenters. The lowest BCUT2D eigenvalue weighted by molar-refractivity contribution is -0.384. The fourth-order valence-corrected chi connectivity index (χ4v) is 4.51. The highest BCUT2D eigenvalue weighted by Gasteiger charge is 2.36. The number of hydrogen-bond donors (Lipinski definition) is 1. The van der Waals surface area contributed by atoms with Crippen molar-refractivity contribution < 1.29 is 23.7 Å². The molecule has 39 heavy (non-hydrogen) atoms. The molecule has 4 rings (SSSR count). The van der Waals surface area contributed by atoms with Crippen molar-refractivity contribution >= 4 is 17.4 Å². The number of nitrogens with one attached hydrogen (secondary N) is 1. The number of rotatable bonds is 9. The molecule has 1 aliphatic heterocycles. The molecule has 2 aromatic carbocycles. The van der Waals surface area contributed by atoms with Crippen LogP contribution in [0.5, 0.6) is 0 Å². The van der Waals surface area contributed by atoms with E-state index in [2.05, 4.69) is 41.4 Å². The number of allylic oxidation sites excluding steroid dienone is 3. The molecule has 3 aromatic rings. The van der Waals surface area contributed by atoms with Crippen LogP contribution in [0.4, 0.5) is 10.5 Å². The van der Waals surface area contributed by atoms with Gasteiger partial charge in [-0.1, -0.05) is 47.6 Å². The average molecular weight is 534 g/mol. The van der Waals surface area contributed by atoms with Gasteiger partial charge in [-0.2, -0.15) is 4.98 Å². The van der Waals surface area contributed by atoms with Crippen molar-refractivity contribution in [1.82, 2.24) is 20.4 Å². The van der Waals surface area contributed by atoms with Crippen molar-refractivity contribution in [2.75, 3.05) is 7.11 Å². The molecule has 11 nitrogen and oxygen atoms in total. The van der Waals surface area contributed by atoms with E-state index in [1.54, 1.807) is 19.1 Å². The van der Waals surface area contributed by atoms with Gasteiger partial charge >= 0.3 is 6.16 Å². The van der Waals surface area contributed by atoms with Gasteiger partial charge in [-0.15, -0.1) is 0 Å². The molecule has 1 N–H and O–H groups in total. The van der Waals surface area contributed by atoms with Crippen LogP contribution >= 0.6 is 0 Å². The lowest BCUT2D eigenvalue weighted by atomic mass is 9.84. The molecule has 0 fully saturated rings. The maximum absolute atomic E-state index is 12.2. The Morgan fingerprint density at radius 2 is 1.87 bits per heavy atom. The Kier molecular flexibility index (Phi) is 8.40. The van der Waals surface area contributed by atoms with E-state index in [0.717, 1.165) is 0 Å². The summed E-state index contributed by atoms with van der Waals surface area (Å²) in [4.78, 5) is 30.1. The predicted molar refractivity (Wildman–Crippen MR) is 143 cm³/mol. The predicted octanol–water partition coefficient (Wildman–Crippen LogP) is 5.52. The second-order valence-corrected chi connectivity index (χ2v) is 9.49. The monoisotopic (exact) mass is 533 g/mol. The quantitative estimate of drug-likeness (QED) is 0.213. The lowest BCUT2D eigenvalue weighted by Gasteiger charge is -2.29. The van der Waals surface area contributed by atoms with Gasteiger partial charge in [-0.05, 0) is 38.8 Å². The first-order chi connectivity index (χ1) is 18.7. The number of carbonyl (C=O) groups excluding carboxylic acids is 1. The zero-order chi connectivity index (χ0) is 28.1. The maximum atomic E-state index is 12.2. The first-order valence-corrected chi connectivity index (χ1v) is 12.5. The van der Waals surface area contributed by atoms with Gasteiger partial charge < -0.3 is 19.3 Å². The third kappa shape index (κ3) is 6.32. The minimum Gasteiger partial charge on any atom is -0.437 e. The van der Waals surface area contributed by atoms with Gasteiger partial charge in [-0.25, -0.2) is 4.79 Å². The van der Waals surface area contributed by atoms with Gasteiger partial charge in [-0.3, -0.25) is 15.0 Å². The number of hydrogen-bond acceptors (Lipinski definition) is 10. The Morgan fingerprint density at radius 1 is 1.13 bits per heavy atom. The molecule has 1 unspecified atom stereocenters. The molecule has 2 heterocycles. The van der Waals surface area contributed by atoms with E-state index < -0.39 is 17.0 Å². The SMILES string of the molecule is COC(=O)OC1=C(C)NC(C)=C(c2nc(CN(Cc3ccccc3)C(C)C)no2)C1c1cccc([N+](=O)[O-])c1. The zero-order valence-corrected chi connectivity index (χ0v) is 22.5. The molecule has 0 bridgehead atoms. The fourth-order valence-electron chi connectivity index (χ4n) is 4.51. The van der Waals surface area contributed by atoms with Crippen molar-refractivity contribution in [1.29, 1.82) is 0 Å². The van der Waals surface area contributed by atoms with Gasteiger partial charge in [0, 0.05) is 30.4 Å². The summed E-state index contributed by atoms with van der Waals surface area (Å²) in [6.07, 6.45) is -0.916. The van der Waals surface area contributed by atoms with Crippen LogP contribution in [0.3, 0.4) is 0 Å². The van der Waals surface area contributed by atoms with E-state index in [1.807, 2.05) is 25.1 Å². The highest BCUT2D eigenvalue weighted by Crippen LogP contribution is 2.44. The van der Waals surface area contributed by atoms with Crippen molar-refractivity contribution in [2.45, 2.75) is 52.7 Å². The number of dihydropyridines is 1. The van der Waals surface area contributed by atoms with Gasteiger partial charge in [0.1, 0.15) is 5.76 Å². The van der Waals surface area contributed by atoms with E-state index in [0.29, 0.717) is 41.4 Å². The average Bonchev–Trinajstić information content (AvgIpc) is 3.38. The smallest absolute Gasteiger partial charge is 0.437 e. The molecule has 0 radical (unpaired) electrons. The van der Waals surface area contributed by atoms with Crippen LogP contribution in [0.2, 0.25) is 0 Å². The summed E-state index contributed by atoms with van der Waals surface area (Å²) in [5.74, 6) is 0.169. The second-order valence-electron chi connectivity index (χ2n) is 9.49. The van der Waals surface area contributed by atoms with E-state index >= 15 is 0 Å². The van der Waals surface area contributed by atoms with Crippen molar-refractivity contribution in [3.8, 4) is 0 Å². The van der Waals surface area contributed by atoms with Gasteiger partial charge in [0.05, 0.1) is 35.8 Å². The van der Waals surface area contributed by atoms with Crippen molar-refractivity contribution in [3.63, 3.8) is 0 Å². The third-order valence-electron chi connectivity index (χ3n) is 6.48. The summed E-state index contributed by atoms with van der Waals surface area (Å²) in [6.45, 7) is 8.93. The first kappa shape index (κ1) is 27.5. The van der Waals surface area contributed by atoms with Crippen molar-refractivity contribution in [2.24, 2.45) is 0 Å². The number of nitrogens with zero attached hydrogens (tertiary/aromatic N) is 4. The number of benzene rings is 2. The minimum absolute atomic E-state index is 0.0992. The molecule has 11 heteroatoms. The van der Waals surface area contributed by atoms with Crippen LogP contribution in [0.25, 0.3) is 5.57 Å². The minimum atomic E-state index is -0.916. The summed E-state index contributed by atoms with van der Waals surface area (Å²) < 4.78 is 16.0. The van der Waals surface area contributed by atoms with Crippen LogP contribution in [-0.2, 0) is 22.6 Å². The molecule has 1 aliphatic rings. The number of methoxy groups -OCH3 is 1. The number of nitro groups is 1. The third-order valence-corrected chi connectivity index (χ3v) is 6.48. The number of aromatic nitrogens is 2. The number of nitro benzene ring substituents is 1. The molecule has 204 valence electrons. The van der Waals surface area contributed by atoms with E-state index in [4.69, 9.17) is 19.0 Å². The summed E-state index contributed by atoms with van der Waals surface area (Å²) in [6, 6.07) is 16.5. The molecule has 0 amide bonds. The second kappa shape index (κ2) is 11.9. The zero-order valence-electron chi connectivity index (χ0n) is 22.5.